The summed E-state index contributed by atoms with van der Waals surface area (Å²) in [6.45, 7) is 12.8. The number of aromatic amines is 1. The molecule has 1 aromatic heterocycles. The van der Waals surface area contributed by atoms with Crippen LogP contribution in [0.2, 0.25) is 10.0 Å². The van der Waals surface area contributed by atoms with Crippen molar-refractivity contribution in [2.24, 2.45) is 11.7 Å². The highest BCUT2D eigenvalue weighted by atomic mass is 35.5. The maximum atomic E-state index is 13.6. The summed E-state index contributed by atoms with van der Waals surface area (Å²) in [6.07, 6.45) is 2.01. The van der Waals surface area contributed by atoms with Crippen molar-refractivity contribution < 1.29 is 27.8 Å². The van der Waals surface area contributed by atoms with Gasteiger partial charge < -0.3 is 20.2 Å². The van der Waals surface area contributed by atoms with Gasteiger partial charge in [-0.3, -0.25) is 19.8 Å². The van der Waals surface area contributed by atoms with E-state index < -0.39 is 11.6 Å². The van der Waals surface area contributed by atoms with Gasteiger partial charge in [0.1, 0.15) is 23.3 Å². The van der Waals surface area contributed by atoms with Crippen molar-refractivity contribution in [3.8, 4) is 11.4 Å². The lowest BCUT2D eigenvalue weighted by Crippen LogP contribution is -2.15. The SMILES string of the molecule is CC(C)c1cnc(-c2cc(Cl)ccc2F)[nH]c1=O.CCOC(=O)CC(C)C.CCOC=O.N=C(N)c1cc(Cl)ccc1F. The van der Waals surface area contributed by atoms with Crippen molar-refractivity contribution in [1.29, 1.82) is 5.41 Å². The fraction of sp³-hybridized carbons (Fsp3) is 0.367. The maximum Gasteiger partial charge on any atom is 0.306 e. The van der Waals surface area contributed by atoms with Crippen LogP contribution < -0.4 is 11.3 Å². The molecule has 3 rings (SSSR count). The molecule has 3 aromatic rings. The fourth-order valence-corrected chi connectivity index (χ4v) is 3.30. The number of hydrogen-bond acceptors (Lipinski definition) is 7. The van der Waals surface area contributed by atoms with E-state index in [1.165, 1.54) is 42.6 Å². The molecule has 0 saturated heterocycles. The number of esters is 1. The Labute approximate surface area is 260 Å². The van der Waals surface area contributed by atoms with E-state index in [9.17, 15) is 23.2 Å². The zero-order valence-electron chi connectivity index (χ0n) is 25.0. The van der Waals surface area contributed by atoms with E-state index in [0.29, 0.717) is 47.6 Å². The number of rotatable bonds is 8. The molecular formula is C30H38Cl2F2N4O5. The minimum absolute atomic E-state index is 0.0394. The molecule has 0 amide bonds. The first-order chi connectivity index (χ1) is 20.2. The van der Waals surface area contributed by atoms with Crippen LogP contribution >= 0.6 is 23.2 Å². The molecule has 13 heteroatoms. The predicted octanol–water partition coefficient (Wildman–Crippen LogP) is 6.89. The summed E-state index contributed by atoms with van der Waals surface area (Å²) >= 11 is 11.3. The smallest absolute Gasteiger partial charge is 0.306 e. The second-order valence-electron chi connectivity index (χ2n) is 9.29. The largest absolute Gasteiger partial charge is 0.468 e. The number of nitrogens with two attached hydrogens (primary N) is 1. The minimum atomic E-state index is -0.526. The van der Waals surface area contributed by atoms with Crippen molar-refractivity contribution in [3.63, 3.8) is 0 Å². The third-order valence-electron chi connectivity index (χ3n) is 4.97. The number of carbonyl (C=O) groups excluding carboxylic acids is 2. The van der Waals surface area contributed by atoms with Gasteiger partial charge in [0.05, 0.1) is 24.3 Å². The van der Waals surface area contributed by atoms with Crippen LogP contribution in [0.3, 0.4) is 0 Å². The monoisotopic (exact) mass is 642 g/mol. The Morgan fingerprint density at radius 1 is 1.05 bits per heavy atom. The summed E-state index contributed by atoms with van der Waals surface area (Å²) < 4.78 is 35.2. The van der Waals surface area contributed by atoms with Crippen LogP contribution in [0, 0.1) is 23.0 Å². The molecule has 0 unspecified atom stereocenters. The second-order valence-corrected chi connectivity index (χ2v) is 10.2. The molecule has 0 atom stereocenters. The number of amidine groups is 1. The molecule has 0 radical (unpaired) electrons. The number of ether oxygens (including phenoxy) is 2. The molecule has 2 aromatic carbocycles. The van der Waals surface area contributed by atoms with Gasteiger partial charge in [0.2, 0.25) is 0 Å². The average molecular weight is 644 g/mol. The highest BCUT2D eigenvalue weighted by molar-refractivity contribution is 6.31. The molecule has 43 heavy (non-hydrogen) atoms. The third-order valence-corrected chi connectivity index (χ3v) is 5.44. The predicted molar refractivity (Wildman–Crippen MR) is 166 cm³/mol. The zero-order chi connectivity index (χ0) is 33.1. The van der Waals surface area contributed by atoms with Gasteiger partial charge in [-0.05, 0) is 62.1 Å². The average Bonchev–Trinajstić information content (AvgIpc) is 2.92. The third kappa shape index (κ3) is 15.8. The molecule has 236 valence electrons. The van der Waals surface area contributed by atoms with Crippen molar-refractivity contribution >= 4 is 41.5 Å². The summed E-state index contributed by atoms with van der Waals surface area (Å²) in [4.78, 5) is 38.3. The summed E-state index contributed by atoms with van der Waals surface area (Å²) in [7, 11) is 0. The number of nitrogen functional groups attached to an aromatic ring is 1. The van der Waals surface area contributed by atoms with E-state index in [0.717, 1.165) is 0 Å². The highest BCUT2D eigenvalue weighted by Crippen LogP contribution is 2.22. The number of nitrogens with one attached hydrogen (secondary N) is 2. The molecule has 1 heterocycles. The maximum absolute atomic E-state index is 13.6. The van der Waals surface area contributed by atoms with Crippen molar-refractivity contribution in [2.75, 3.05) is 13.2 Å². The lowest BCUT2D eigenvalue weighted by Gasteiger charge is -2.06. The van der Waals surface area contributed by atoms with Gasteiger partial charge in [-0.15, -0.1) is 0 Å². The first-order valence-electron chi connectivity index (χ1n) is 13.2. The standard InChI is InChI=1S/C13H12ClFN2O.C7H6ClFN2.C7H14O2.C3H6O2/c1-7(2)10-6-16-12(17-13(10)18)9-5-8(14)3-4-11(9)15;8-4-1-2-6(9)5(3-4)7(10)11;1-4-9-7(8)5-6(2)3;1-2-5-3-4/h3-7H,1-2H3,(H,16,17,18);1-3H,(H3,10,11);6H,4-5H2,1-3H3;3H,2H2,1H3. The van der Waals surface area contributed by atoms with Crippen LogP contribution in [0.5, 0.6) is 0 Å². The van der Waals surface area contributed by atoms with E-state index in [2.05, 4.69) is 14.7 Å². The molecular weight excluding hydrogens is 605 g/mol. The van der Waals surface area contributed by atoms with Gasteiger partial charge >= 0.3 is 5.97 Å². The minimum Gasteiger partial charge on any atom is -0.468 e. The van der Waals surface area contributed by atoms with Crippen LogP contribution in [0.1, 0.15) is 65.0 Å². The molecule has 0 fully saturated rings. The quantitative estimate of drug-likeness (QED) is 0.105. The molecule has 0 aliphatic rings. The summed E-state index contributed by atoms with van der Waals surface area (Å²) in [6, 6.07) is 8.03. The molecule has 0 spiro atoms. The number of nitrogens with zero attached hydrogens (tertiary/aromatic N) is 1. The van der Waals surface area contributed by atoms with E-state index in [-0.39, 0.29) is 40.2 Å². The Morgan fingerprint density at radius 2 is 1.63 bits per heavy atom. The zero-order valence-corrected chi connectivity index (χ0v) is 26.5. The Hall–Kier alpha value is -3.83. The second kappa shape index (κ2) is 21.0. The lowest BCUT2D eigenvalue weighted by atomic mass is 10.1. The highest BCUT2D eigenvalue weighted by Gasteiger charge is 2.11. The van der Waals surface area contributed by atoms with E-state index in [1.807, 2.05) is 34.6 Å². The molecule has 9 nitrogen and oxygen atoms in total. The number of halogens is 4. The summed E-state index contributed by atoms with van der Waals surface area (Å²) in [5.74, 6) is -0.743. The van der Waals surface area contributed by atoms with Gasteiger partial charge in [-0.1, -0.05) is 50.9 Å². The fourth-order valence-electron chi connectivity index (χ4n) is 2.96. The number of benzene rings is 2. The van der Waals surface area contributed by atoms with Gasteiger partial charge in [-0.25, -0.2) is 13.8 Å². The number of carbonyl (C=O) groups is 2. The Morgan fingerprint density at radius 3 is 2.05 bits per heavy atom. The molecule has 0 bridgehead atoms. The van der Waals surface area contributed by atoms with E-state index in [4.69, 9.17) is 39.1 Å². The van der Waals surface area contributed by atoms with Crippen molar-refractivity contribution in [1.82, 2.24) is 9.97 Å². The Kier molecular flexibility index (Phi) is 19.1. The van der Waals surface area contributed by atoms with Crippen molar-refractivity contribution in [2.45, 2.75) is 53.9 Å². The van der Waals surface area contributed by atoms with Gasteiger partial charge in [0.25, 0.3) is 12.0 Å². The Balaban J connectivity index is 0.000000607. The molecule has 4 N–H and O–H groups in total. The number of aromatic nitrogens is 2. The summed E-state index contributed by atoms with van der Waals surface area (Å²) in [5, 5.41) is 7.71. The topological polar surface area (TPSA) is 148 Å². The van der Waals surface area contributed by atoms with E-state index in [1.54, 1.807) is 6.92 Å². The first kappa shape index (κ1) is 39.2. The normalized spacial score (nSPS) is 9.86. The first-order valence-corrected chi connectivity index (χ1v) is 14.0. The van der Waals surface area contributed by atoms with Crippen molar-refractivity contribution in [3.05, 3.63) is 85.8 Å². The number of hydrogen-bond donors (Lipinski definition) is 3. The van der Waals surface area contributed by atoms with Gasteiger partial charge in [-0.2, -0.15) is 0 Å². The van der Waals surface area contributed by atoms with Crippen LogP contribution in [-0.4, -0.2) is 41.5 Å². The van der Waals surface area contributed by atoms with Crippen LogP contribution in [0.25, 0.3) is 11.4 Å². The van der Waals surface area contributed by atoms with Gasteiger partial charge in [0, 0.05) is 28.2 Å². The molecule has 0 aliphatic carbocycles. The number of H-pyrrole nitrogens is 1. The van der Waals surface area contributed by atoms with Crippen LogP contribution in [0.4, 0.5) is 8.78 Å². The van der Waals surface area contributed by atoms with E-state index >= 15 is 0 Å². The van der Waals surface area contributed by atoms with Gasteiger partial charge in [0.15, 0.2) is 0 Å². The van der Waals surface area contributed by atoms with Crippen LogP contribution in [0.15, 0.2) is 47.4 Å². The summed E-state index contributed by atoms with van der Waals surface area (Å²) in [5.41, 5.74) is 5.61. The molecule has 0 aliphatic heterocycles. The molecule has 0 saturated carbocycles. The van der Waals surface area contributed by atoms with Crippen LogP contribution in [-0.2, 0) is 19.1 Å². The Bertz CT molecular complexity index is 1380. The lowest BCUT2D eigenvalue weighted by molar-refractivity contribution is -0.144.